The number of nitrogens with two attached hydrogens (primary N) is 1. The molecule has 3 aromatic rings. The number of nitrogens with zero attached hydrogens (tertiary/aromatic N) is 5. The molecule has 0 bridgehead atoms. The summed E-state index contributed by atoms with van der Waals surface area (Å²) < 4.78 is 42.4. The van der Waals surface area contributed by atoms with Gasteiger partial charge in [-0.2, -0.15) is 18.3 Å². The van der Waals surface area contributed by atoms with Gasteiger partial charge in [0.1, 0.15) is 5.82 Å². The third kappa shape index (κ3) is 3.73. The number of carbonyl (C=O) groups excluding carboxylic acids is 1. The summed E-state index contributed by atoms with van der Waals surface area (Å²) in [6, 6.07) is 4.69. The van der Waals surface area contributed by atoms with Crippen LogP contribution in [-0.4, -0.2) is 37.1 Å². The van der Waals surface area contributed by atoms with Crippen molar-refractivity contribution < 1.29 is 18.0 Å². The number of amides is 1. The number of rotatable bonds is 3. The molecule has 1 amide bonds. The van der Waals surface area contributed by atoms with E-state index < -0.39 is 17.8 Å². The number of pyridine rings is 2. The van der Waals surface area contributed by atoms with E-state index >= 15 is 0 Å². The van der Waals surface area contributed by atoms with E-state index in [1.54, 1.807) is 47.1 Å². The summed E-state index contributed by atoms with van der Waals surface area (Å²) in [5.74, 6) is 0.370. The number of hydrogen-bond acceptors (Lipinski definition) is 5. The van der Waals surface area contributed by atoms with Gasteiger partial charge >= 0.3 is 6.18 Å². The molecule has 2 aliphatic rings. The number of likely N-dealkylation sites (tertiary alicyclic amines) is 1. The number of aryl methyl sites for hydroxylation is 1. The van der Waals surface area contributed by atoms with Gasteiger partial charge in [0.15, 0.2) is 5.69 Å². The molecule has 2 N–H and O–H groups in total. The fourth-order valence-electron chi connectivity index (χ4n) is 4.90. The number of hydrogen-bond donors (Lipinski definition) is 1. The Kier molecular flexibility index (Phi) is 4.91. The van der Waals surface area contributed by atoms with Gasteiger partial charge in [-0.05, 0) is 62.3 Å². The number of halogens is 3. The van der Waals surface area contributed by atoms with Crippen LogP contribution in [0.1, 0.15) is 51.8 Å². The van der Waals surface area contributed by atoms with Crippen molar-refractivity contribution in [1.82, 2.24) is 24.6 Å². The Morgan fingerprint density at radius 2 is 1.97 bits per heavy atom. The van der Waals surface area contributed by atoms with Crippen LogP contribution >= 0.6 is 0 Å². The van der Waals surface area contributed by atoms with Gasteiger partial charge in [0.2, 0.25) is 0 Å². The van der Waals surface area contributed by atoms with E-state index in [1.165, 1.54) is 6.92 Å². The van der Waals surface area contributed by atoms with Crippen LogP contribution in [0.2, 0.25) is 0 Å². The first kappa shape index (κ1) is 21.4. The molecular formula is C23H23F3N6O. The van der Waals surface area contributed by atoms with Crippen molar-refractivity contribution in [2.45, 2.75) is 38.9 Å². The molecule has 0 radical (unpaired) electrons. The molecule has 1 aliphatic carbocycles. The lowest BCUT2D eigenvalue weighted by Gasteiger charge is -2.37. The van der Waals surface area contributed by atoms with Crippen LogP contribution in [0, 0.1) is 25.7 Å². The Bertz CT molecular complexity index is 1220. The van der Waals surface area contributed by atoms with Gasteiger partial charge in [0.25, 0.3) is 5.91 Å². The molecule has 1 saturated carbocycles. The summed E-state index contributed by atoms with van der Waals surface area (Å²) in [6.45, 7) is 3.63. The minimum Gasteiger partial charge on any atom is -0.383 e. The van der Waals surface area contributed by atoms with Crippen LogP contribution in [0.3, 0.4) is 0 Å². The lowest BCUT2D eigenvalue weighted by atomic mass is 9.90. The summed E-state index contributed by atoms with van der Waals surface area (Å²) >= 11 is 0. The molecule has 4 heterocycles. The van der Waals surface area contributed by atoms with E-state index in [0.717, 1.165) is 12.6 Å². The van der Waals surface area contributed by atoms with Crippen molar-refractivity contribution in [2.75, 3.05) is 12.3 Å². The van der Waals surface area contributed by atoms with Crippen molar-refractivity contribution in [3.63, 3.8) is 0 Å². The largest absolute Gasteiger partial charge is 0.418 e. The normalized spacial score (nSPS) is 22.2. The van der Waals surface area contributed by atoms with Gasteiger partial charge in [-0.1, -0.05) is 0 Å². The number of carbonyl (C=O) groups is 1. The zero-order valence-corrected chi connectivity index (χ0v) is 18.2. The van der Waals surface area contributed by atoms with Crippen LogP contribution in [0.25, 0.3) is 5.69 Å². The molecule has 33 heavy (non-hydrogen) atoms. The van der Waals surface area contributed by atoms with E-state index in [2.05, 4.69) is 15.1 Å². The maximum absolute atomic E-state index is 13.9. The van der Waals surface area contributed by atoms with Gasteiger partial charge in [0, 0.05) is 36.4 Å². The minimum absolute atomic E-state index is 0.0152. The van der Waals surface area contributed by atoms with Crippen LogP contribution < -0.4 is 5.73 Å². The lowest BCUT2D eigenvalue weighted by molar-refractivity contribution is -0.138. The third-order valence-electron chi connectivity index (χ3n) is 6.69. The standard InChI is InChI=1S/C23H23F3N6O/c1-12-4-5-17(32-7-3-6-29-32)20(30-12)22(33)31-11-15-8-14(15)9-18(31)19-13(2)16(23(24,25)26)10-28-21(19)27/h3-7,10,14-15,18H,8-9,11H2,1-2H3,(H2,27,28). The van der Waals surface area contributed by atoms with Crippen molar-refractivity contribution >= 4 is 11.7 Å². The third-order valence-corrected chi connectivity index (χ3v) is 6.69. The van der Waals surface area contributed by atoms with Crippen LogP contribution in [0.5, 0.6) is 0 Å². The summed E-state index contributed by atoms with van der Waals surface area (Å²) in [4.78, 5) is 23.8. The summed E-state index contributed by atoms with van der Waals surface area (Å²) in [5, 5.41) is 4.22. The Balaban J connectivity index is 1.61. The Labute approximate surface area is 188 Å². The molecule has 1 aliphatic heterocycles. The number of piperidine rings is 1. The van der Waals surface area contributed by atoms with E-state index in [-0.39, 0.29) is 28.5 Å². The molecule has 3 aromatic heterocycles. The Morgan fingerprint density at radius 1 is 1.18 bits per heavy atom. The molecule has 3 unspecified atom stereocenters. The van der Waals surface area contributed by atoms with E-state index in [1.807, 2.05) is 0 Å². The van der Waals surface area contributed by atoms with Crippen molar-refractivity contribution in [3.8, 4) is 5.69 Å². The second kappa shape index (κ2) is 7.57. The van der Waals surface area contributed by atoms with Gasteiger partial charge in [-0.15, -0.1) is 0 Å². The van der Waals surface area contributed by atoms with Crippen molar-refractivity contribution in [3.05, 3.63) is 64.9 Å². The average molecular weight is 456 g/mol. The molecule has 172 valence electrons. The van der Waals surface area contributed by atoms with Gasteiger partial charge < -0.3 is 10.6 Å². The molecule has 5 rings (SSSR count). The maximum atomic E-state index is 13.9. The maximum Gasteiger partial charge on any atom is 0.418 e. The molecule has 2 fully saturated rings. The first-order chi connectivity index (χ1) is 15.6. The highest BCUT2D eigenvalue weighted by Crippen LogP contribution is 2.53. The Morgan fingerprint density at radius 3 is 2.67 bits per heavy atom. The van der Waals surface area contributed by atoms with E-state index in [4.69, 9.17) is 5.73 Å². The smallest absolute Gasteiger partial charge is 0.383 e. The second-order valence-electron chi connectivity index (χ2n) is 8.83. The molecular weight excluding hydrogens is 433 g/mol. The van der Waals surface area contributed by atoms with Gasteiger partial charge in [-0.25, -0.2) is 14.6 Å². The molecule has 0 aromatic carbocycles. The fraction of sp³-hybridized carbons (Fsp3) is 0.391. The summed E-state index contributed by atoms with van der Waals surface area (Å²) in [5.41, 5.74) is 6.95. The average Bonchev–Trinajstić information content (AvgIpc) is 3.30. The molecule has 3 atom stereocenters. The highest BCUT2D eigenvalue weighted by Gasteiger charge is 2.49. The van der Waals surface area contributed by atoms with Crippen LogP contribution in [0.4, 0.5) is 19.0 Å². The van der Waals surface area contributed by atoms with Crippen LogP contribution in [-0.2, 0) is 6.18 Å². The Hall–Kier alpha value is -3.43. The lowest BCUT2D eigenvalue weighted by Crippen LogP contribution is -2.41. The topological polar surface area (TPSA) is 89.9 Å². The highest BCUT2D eigenvalue weighted by atomic mass is 19.4. The molecule has 10 heteroatoms. The molecule has 1 saturated heterocycles. The first-order valence-corrected chi connectivity index (χ1v) is 10.8. The van der Waals surface area contributed by atoms with Crippen LogP contribution in [0.15, 0.2) is 36.8 Å². The number of nitrogen functional groups attached to an aromatic ring is 1. The molecule has 7 nitrogen and oxygen atoms in total. The SMILES string of the molecule is Cc1ccc(-n2cccn2)c(C(=O)N2CC3CC3CC2c2c(N)ncc(C(F)(F)F)c2C)n1. The summed E-state index contributed by atoms with van der Waals surface area (Å²) in [7, 11) is 0. The quantitative estimate of drug-likeness (QED) is 0.641. The van der Waals surface area contributed by atoms with Crippen molar-refractivity contribution in [1.29, 1.82) is 0 Å². The van der Waals surface area contributed by atoms with Gasteiger partial charge in [0.05, 0.1) is 17.3 Å². The number of fused-ring (bicyclic) bond motifs is 1. The van der Waals surface area contributed by atoms with Crippen molar-refractivity contribution in [2.24, 2.45) is 11.8 Å². The van der Waals surface area contributed by atoms with Gasteiger partial charge in [-0.3, -0.25) is 4.79 Å². The second-order valence-corrected chi connectivity index (χ2v) is 8.83. The number of aromatic nitrogens is 4. The zero-order chi connectivity index (χ0) is 23.5. The van der Waals surface area contributed by atoms with E-state index in [0.29, 0.717) is 36.2 Å². The summed E-state index contributed by atoms with van der Waals surface area (Å²) in [6.07, 6.45) is 1.02. The zero-order valence-electron chi connectivity index (χ0n) is 18.2. The predicted molar refractivity (Wildman–Crippen MR) is 114 cm³/mol. The van der Waals surface area contributed by atoms with E-state index in [9.17, 15) is 18.0 Å². The molecule has 0 spiro atoms. The fourth-order valence-corrected chi connectivity index (χ4v) is 4.90. The first-order valence-electron chi connectivity index (χ1n) is 10.8. The highest BCUT2D eigenvalue weighted by molar-refractivity contribution is 5.96. The minimum atomic E-state index is -4.56. The number of alkyl halides is 3. The number of anilines is 1. The monoisotopic (exact) mass is 456 g/mol. The predicted octanol–water partition coefficient (Wildman–Crippen LogP) is 4.10.